The van der Waals surface area contributed by atoms with Gasteiger partial charge < -0.3 is 14.9 Å². The van der Waals surface area contributed by atoms with Gasteiger partial charge in [-0.05, 0) is 43.7 Å². The number of aliphatic hydroxyl groups is 1. The second-order valence-electron chi connectivity index (χ2n) is 6.08. The fourth-order valence-corrected chi connectivity index (χ4v) is 3.16. The summed E-state index contributed by atoms with van der Waals surface area (Å²) in [7, 11) is 0. The molecule has 0 amide bonds. The summed E-state index contributed by atoms with van der Waals surface area (Å²) in [5.41, 5.74) is -1.02. The van der Waals surface area contributed by atoms with Gasteiger partial charge in [0, 0.05) is 13.1 Å². The minimum Gasteiger partial charge on any atom is -0.492 e. The smallest absolute Gasteiger partial charge is 0.312 e. The Kier molecular flexibility index (Phi) is 5.96. The van der Waals surface area contributed by atoms with E-state index in [1.807, 2.05) is 11.8 Å². The number of β-amino-alcohol motifs (C(OH)–C–C–N with tert-alkyl or cyclic N) is 1. The number of rotatable bonds is 7. The van der Waals surface area contributed by atoms with Gasteiger partial charge in [0.1, 0.15) is 18.2 Å². The summed E-state index contributed by atoms with van der Waals surface area (Å²) in [5, 5.41) is 19.8. The van der Waals surface area contributed by atoms with Crippen molar-refractivity contribution in [3.05, 3.63) is 30.1 Å². The van der Waals surface area contributed by atoms with Crippen molar-refractivity contribution in [3.8, 4) is 5.75 Å². The second kappa shape index (κ2) is 7.75. The van der Waals surface area contributed by atoms with Gasteiger partial charge in [-0.2, -0.15) is 0 Å². The largest absolute Gasteiger partial charge is 0.492 e. The number of carbonyl (C=O) groups is 1. The molecular weight excluding hydrogens is 301 g/mol. The van der Waals surface area contributed by atoms with Gasteiger partial charge in [-0.25, -0.2) is 4.39 Å². The molecule has 1 saturated heterocycles. The number of halogens is 1. The van der Waals surface area contributed by atoms with E-state index in [1.54, 1.807) is 12.1 Å². The van der Waals surface area contributed by atoms with Crippen molar-refractivity contribution in [2.75, 3.05) is 26.2 Å². The third-order valence-electron chi connectivity index (χ3n) is 4.56. The zero-order chi connectivity index (χ0) is 16.9. The topological polar surface area (TPSA) is 70.0 Å². The van der Waals surface area contributed by atoms with Crippen LogP contribution in [0.15, 0.2) is 24.3 Å². The first-order chi connectivity index (χ1) is 11.0. The number of likely N-dealkylation sites (tertiary alicyclic amines) is 1. The highest BCUT2D eigenvalue weighted by atomic mass is 19.1. The Morgan fingerprint density at radius 3 is 2.70 bits per heavy atom. The predicted octanol–water partition coefficient (Wildman–Crippen LogP) is 2.14. The Morgan fingerprint density at radius 2 is 2.13 bits per heavy atom. The molecule has 2 atom stereocenters. The van der Waals surface area contributed by atoms with Gasteiger partial charge in [-0.1, -0.05) is 13.3 Å². The minimum absolute atomic E-state index is 0.308. The minimum atomic E-state index is -1.02. The maximum absolute atomic E-state index is 12.8. The quantitative estimate of drug-likeness (QED) is 0.804. The fourth-order valence-electron chi connectivity index (χ4n) is 3.16. The molecule has 23 heavy (non-hydrogen) atoms. The van der Waals surface area contributed by atoms with E-state index < -0.39 is 17.5 Å². The molecule has 5 nitrogen and oxygen atoms in total. The molecule has 2 N–H and O–H groups in total. The summed E-state index contributed by atoms with van der Waals surface area (Å²) in [6.07, 6.45) is 0.786. The second-order valence-corrected chi connectivity index (χ2v) is 6.08. The number of hydrogen-bond acceptors (Lipinski definition) is 4. The Bertz CT molecular complexity index is 522. The number of ether oxygens (including phenoxy) is 1. The van der Waals surface area contributed by atoms with Crippen molar-refractivity contribution >= 4 is 5.97 Å². The van der Waals surface area contributed by atoms with Crippen LogP contribution < -0.4 is 4.74 Å². The number of piperidine rings is 1. The summed E-state index contributed by atoms with van der Waals surface area (Å²) in [6, 6.07) is 5.81. The standard InChI is InChI=1S/C17H24FNO4/c1-2-7-17(16(21)22)8-9-19(12-15(17)20)10-11-23-14-5-3-13(18)4-6-14/h3-6,15,20H,2,7-12H2,1H3,(H,21,22)/t15-,17-/m0/s1. The van der Waals surface area contributed by atoms with Crippen molar-refractivity contribution in [2.45, 2.75) is 32.3 Å². The number of aliphatic hydroxyl groups excluding tert-OH is 1. The van der Waals surface area contributed by atoms with E-state index in [-0.39, 0.29) is 5.82 Å². The van der Waals surface area contributed by atoms with Crippen molar-refractivity contribution in [3.63, 3.8) is 0 Å². The van der Waals surface area contributed by atoms with Gasteiger partial charge in [0.05, 0.1) is 11.5 Å². The van der Waals surface area contributed by atoms with Crippen LogP contribution in [0.3, 0.4) is 0 Å². The Morgan fingerprint density at radius 1 is 1.43 bits per heavy atom. The lowest BCUT2D eigenvalue weighted by Gasteiger charge is -2.42. The van der Waals surface area contributed by atoms with Crippen LogP contribution in [0.25, 0.3) is 0 Å². The van der Waals surface area contributed by atoms with Crippen LogP contribution in [-0.4, -0.2) is 53.4 Å². The number of carboxylic acids is 1. The summed E-state index contributed by atoms with van der Waals surface area (Å²) in [4.78, 5) is 13.6. The monoisotopic (exact) mass is 325 g/mol. The zero-order valence-electron chi connectivity index (χ0n) is 13.4. The molecule has 1 heterocycles. The molecule has 0 radical (unpaired) electrons. The molecular formula is C17H24FNO4. The van der Waals surface area contributed by atoms with Crippen LogP contribution >= 0.6 is 0 Å². The third kappa shape index (κ3) is 4.20. The van der Waals surface area contributed by atoms with E-state index in [2.05, 4.69) is 0 Å². The molecule has 0 spiro atoms. The first kappa shape index (κ1) is 17.7. The highest BCUT2D eigenvalue weighted by molar-refractivity contribution is 5.75. The maximum atomic E-state index is 12.8. The lowest BCUT2D eigenvalue weighted by Crippen LogP contribution is -2.55. The van der Waals surface area contributed by atoms with Crippen molar-refractivity contribution in [1.29, 1.82) is 0 Å². The first-order valence-electron chi connectivity index (χ1n) is 8.00. The van der Waals surface area contributed by atoms with Crippen LogP contribution in [0, 0.1) is 11.2 Å². The van der Waals surface area contributed by atoms with Crippen molar-refractivity contribution in [1.82, 2.24) is 4.90 Å². The van der Waals surface area contributed by atoms with Crippen LogP contribution in [0.1, 0.15) is 26.2 Å². The molecule has 0 bridgehead atoms. The summed E-state index contributed by atoms with van der Waals surface area (Å²) in [5.74, 6) is -0.624. The molecule has 1 aromatic rings. The number of aliphatic carboxylic acids is 1. The van der Waals surface area contributed by atoms with Gasteiger partial charge in [0.25, 0.3) is 0 Å². The van der Waals surface area contributed by atoms with E-state index >= 15 is 0 Å². The first-order valence-corrected chi connectivity index (χ1v) is 8.00. The highest BCUT2D eigenvalue weighted by Gasteiger charge is 2.47. The fraction of sp³-hybridized carbons (Fsp3) is 0.588. The van der Waals surface area contributed by atoms with E-state index in [9.17, 15) is 19.4 Å². The van der Waals surface area contributed by atoms with Crippen LogP contribution in [0.5, 0.6) is 5.75 Å². The van der Waals surface area contributed by atoms with Crippen LogP contribution in [-0.2, 0) is 4.79 Å². The van der Waals surface area contributed by atoms with E-state index in [0.29, 0.717) is 44.8 Å². The summed E-state index contributed by atoms with van der Waals surface area (Å²) < 4.78 is 18.3. The number of nitrogens with zero attached hydrogens (tertiary/aromatic N) is 1. The molecule has 1 fully saturated rings. The highest BCUT2D eigenvalue weighted by Crippen LogP contribution is 2.36. The normalized spacial score (nSPS) is 25.3. The van der Waals surface area contributed by atoms with Crippen molar-refractivity contribution in [2.24, 2.45) is 5.41 Å². The SMILES string of the molecule is CCC[C@]1(C(=O)O)CCN(CCOc2ccc(F)cc2)C[C@@H]1O. The van der Waals surface area contributed by atoms with Gasteiger partial charge in [-0.15, -0.1) is 0 Å². The maximum Gasteiger partial charge on any atom is 0.312 e. The van der Waals surface area contributed by atoms with Gasteiger partial charge in [0.15, 0.2) is 0 Å². The molecule has 0 saturated carbocycles. The van der Waals surface area contributed by atoms with E-state index in [1.165, 1.54) is 12.1 Å². The molecule has 0 aliphatic carbocycles. The zero-order valence-corrected chi connectivity index (χ0v) is 13.4. The number of carboxylic acid groups (broad SMARTS) is 1. The average Bonchev–Trinajstić information content (AvgIpc) is 2.52. The molecule has 1 aliphatic heterocycles. The summed E-state index contributed by atoms with van der Waals surface area (Å²) >= 11 is 0. The third-order valence-corrected chi connectivity index (χ3v) is 4.56. The molecule has 6 heteroatoms. The average molecular weight is 325 g/mol. The molecule has 0 unspecified atom stereocenters. The molecule has 1 aromatic carbocycles. The Labute approximate surface area is 135 Å². The van der Waals surface area contributed by atoms with Crippen molar-refractivity contribution < 1.29 is 24.1 Å². The lowest BCUT2D eigenvalue weighted by atomic mass is 9.73. The van der Waals surface area contributed by atoms with Gasteiger partial charge >= 0.3 is 5.97 Å². The van der Waals surface area contributed by atoms with Gasteiger partial charge in [0.2, 0.25) is 0 Å². The van der Waals surface area contributed by atoms with Crippen LogP contribution in [0.4, 0.5) is 4.39 Å². The molecule has 128 valence electrons. The lowest BCUT2D eigenvalue weighted by molar-refractivity contribution is -0.164. The number of hydrogen-bond donors (Lipinski definition) is 2. The van der Waals surface area contributed by atoms with Crippen LogP contribution in [0.2, 0.25) is 0 Å². The molecule has 1 aliphatic rings. The summed E-state index contributed by atoms with van der Waals surface area (Å²) in [6.45, 7) is 3.89. The molecule has 2 rings (SSSR count). The van der Waals surface area contributed by atoms with Gasteiger partial charge in [-0.3, -0.25) is 9.69 Å². The Balaban J connectivity index is 1.83. The Hall–Kier alpha value is -1.66. The predicted molar refractivity (Wildman–Crippen MR) is 83.9 cm³/mol. The van der Waals surface area contributed by atoms with E-state index in [0.717, 1.165) is 6.42 Å². The molecule has 0 aromatic heterocycles. The number of benzene rings is 1. The van der Waals surface area contributed by atoms with E-state index in [4.69, 9.17) is 4.74 Å².